The quantitative estimate of drug-likeness (QED) is 0.607. The largest absolute Gasteiger partial charge is 0.423 e. The van der Waals surface area contributed by atoms with E-state index in [1.807, 2.05) is 25.1 Å². The van der Waals surface area contributed by atoms with Crippen LogP contribution in [-0.4, -0.2) is 13.1 Å². The number of anilines is 1. The summed E-state index contributed by atoms with van der Waals surface area (Å²) in [4.78, 5) is 13.7. The summed E-state index contributed by atoms with van der Waals surface area (Å²) in [5, 5.41) is 0.985. The van der Waals surface area contributed by atoms with Crippen molar-refractivity contribution in [3.05, 3.63) is 52.9 Å². The molecule has 0 aliphatic rings. The molecule has 0 amide bonds. The zero-order chi connectivity index (χ0) is 13.8. The number of rotatable bonds is 5. The molecule has 19 heavy (non-hydrogen) atoms. The Bertz CT molecular complexity index is 643. The van der Waals surface area contributed by atoms with Gasteiger partial charge in [0.1, 0.15) is 5.58 Å². The smallest absolute Gasteiger partial charge is 0.336 e. The van der Waals surface area contributed by atoms with Crippen LogP contribution in [0.5, 0.6) is 0 Å². The lowest BCUT2D eigenvalue weighted by Crippen LogP contribution is -2.23. The molecule has 0 spiro atoms. The molecule has 1 heterocycles. The van der Waals surface area contributed by atoms with Gasteiger partial charge < -0.3 is 9.32 Å². The number of benzene rings is 1. The molecule has 0 bridgehead atoms. The Hall–Kier alpha value is -2.03. The maximum atomic E-state index is 11.4. The monoisotopic (exact) mass is 257 g/mol. The van der Waals surface area contributed by atoms with Gasteiger partial charge in [0.05, 0.1) is 0 Å². The Morgan fingerprint density at radius 3 is 2.84 bits per heavy atom. The van der Waals surface area contributed by atoms with Gasteiger partial charge in [0.2, 0.25) is 0 Å². The van der Waals surface area contributed by atoms with E-state index in [1.165, 1.54) is 6.07 Å². The summed E-state index contributed by atoms with van der Waals surface area (Å²) in [5.41, 5.74) is 2.35. The van der Waals surface area contributed by atoms with Gasteiger partial charge in [-0.2, -0.15) is 0 Å². The zero-order valence-corrected chi connectivity index (χ0v) is 11.5. The molecule has 0 unspecified atom stereocenters. The van der Waals surface area contributed by atoms with Crippen molar-refractivity contribution in [3.63, 3.8) is 0 Å². The van der Waals surface area contributed by atoms with E-state index in [0.29, 0.717) is 5.58 Å². The highest BCUT2D eigenvalue weighted by Gasteiger charge is 2.07. The molecule has 100 valence electrons. The first-order chi connectivity index (χ1) is 9.15. The minimum atomic E-state index is -0.298. The van der Waals surface area contributed by atoms with Crippen LogP contribution in [0.25, 0.3) is 11.0 Å². The van der Waals surface area contributed by atoms with Crippen LogP contribution in [0, 0.1) is 6.92 Å². The number of hydrogen-bond acceptors (Lipinski definition) is 3. The van der Waals surface area contributed by atoms with E-state index < -0.39 is 0 Å². The molecule has 1 aromatic heterocycles. The molecule has 0 fully saturated rings. The molecule has 2 aromatic rings. The van der Waals surface area contributed by atoms with E-state index in [2.05, 4.69) is 24.5 Å². The van der Waals surface area contributed by atoms with Gasteiger partial charge in [-0.1, -0.05) is 13.0 Å². The van der Waals surface area contributed by atoms with Crippen molar-refractivity contribution >= 4 is 16.7 Å². The first-order valence-electron chi connectivity index (χ1n) is 6.56. The first-order valence-corrected chi connectivity index (χ1v) is 6.56. The Morgan fingerprint density at radius 2 is 2.16 bits per heavy atom. The molecule has 2 rings (SSSR count). The van der Waals surface area contributed by atoms with E-state index in [9.17, 15) is 4.79 Å². The lowest BCUT2D eigenvalue weighted by molar-refractivity contribution is 0.559. The minimum absolute atomic E-state index is 0.298. The average molecular weight is 257 g/mol. The summed E-state index contributed by atoms with van der Waals surface area (Å²) in [6.45, 7) is 9.59. The summed E-state index contributed by atoms with van der Waals surface area (Å²) in [7, 11) is 0. The van der Waals surface area contributed by atoms with E-state index in [1.54, 1.807) is 0 Å². The van der Waals surface area contributed by atoms with Gasteiger partial charge >= 0.3 is 5.63 Å². The van der Waals surface area contributed by atoms with E-state index >= 15 is 0 Å². The van der Waals surface area contributed by atoms with E-state index in [-0.39, 0.29) is 5.63 Å². The Kier molecular flexibility index (Phi) is 4.05. The third-order valence-electron chi connectivity index (χ3n) is 3.14. The molecule has 0 saturated carbocycles. The molecular formula is C16H19NO2. The second-order valence-corrected chi connectivity index (χ2v) is 4.66. The first kappa shape index (κ1) is 13.4. The second-order valence-electron chi connectivity index (χ2n) is 4.66. The molecule has 0 N–H and O–H groups in total. The van der Waals surface area contributed by atoms with Crippen molar-refractivity contribution in [3.8, 4) is 0 Å². The summed E-state index contributed by atoms with van der Waals surface area (Å²) in [6, 6.07) is 7.53. The van der Waals surface area contributed by atoms with Crippen molar-refractivity contribution in [2.45, 2.75) is 20.3 Å². The van der Waals surface area contributed by atoms with Gasteiger partial charge in [-0.25, -0.2) is 4.79 Å². The third kappa shape index (κ3) is 2.87. The Labute approximate surface area is 113 Å². The highest BCUT2D eigenvalue weighted by Crippen LogP contribution is 2.23. The van der Waals surface area contributed by atoms with Gasteiger partial charge in [0, 0.05) is 36.3 Å². The highest BCUT2D eigenvalue weighted by atomic mass is 16.4. The van der Waals surface area contributed by atoms with Crippen LogP contribution in [0.4, 0.5) is 5.69 Å². The SMILES string of the molecule is C=CCN(CCC)c1ccc2c(C)cc(=O)oc2c1. The maximum absolute atomic E-state index is 11.4. The Morgan fingerprint density at radius 1 is 1.37 bits per heavy atom. The van der Waals surface area contributed by atoms with Crippen LogP contribution >= 0.6 is 0 Å². The summed E-state index contributed by atoms with van der Waals surface area (Å²) >= 11 is 0. The molecule has 0 aliphatic carbocycles. The number of nitrogens with zero attached hydrogens (tertiary/aromatic N) is 1. The molecule has 0 radical (unpaired) electrons. The number of aryl methyl sites for hydroxylation is 1. The fraction of sp³-hybridized carbons (Fsp3) is 0.312. The summed E-state index contributed by atoms with van der Waals surface area (Å²) in [6.07, 6.45) is 2.94. The van der Waals surface area contributed by atoms with Crippen molar-refractivity contribution < 1.29 is 4.42 Å². The van der Waals surface area contributed by atoms with Crippen molar-refractivity contribution in [1.29, 1.82) is 0 Å². The van der Waals surface area contributed by atoms with Crippen LogP contribution in [0.15, 0.2) is 46.1 Å². The average Bonchev–Trinajstić information content (AvgIpc) is 2.37. The summed E-state index contributed by atoms with van der Waals surface area (Å²) in [5.74, 6) is 0. The van der Waals surface area contributed by atoms with E-state index in [0.717, 1.165) is 36.1 Å². The van der Waals surface area contributed by atoms with Crippen LogP contribution < -0.4 is 10.5 Å². The standard InChI is InChI=1S/C16H19NO2/c1-4-8-17(9-5-2)13-6-7-14-12(3)10-16(18)19-15(14)11-13/h4,6-7,10-11H,1,5,8-9H2,2-3H3. The topological polar surface area (TPSA) is 33.5 Å². The molecule has 3 heteroatoms. The van der Waals surface area contributed by atoms with Crippen LogP contribution in [0.2, 0.25) is 0 Å². The number of hydrogen-bond donors (Lipinski definition) is 0. The molecule has 3 nitrogen and oxygen atoms in total. The van der Waals surface area contributed by atoms with Gasteiger partial charge in [-0.15, -0.1) is 6.58 Å². The normalized spacial score (nSPS) is 10.6. The fourth-order valence-electron chi connectivity index (χ4n) is 2.26. The third-order valence-corrected chi connectivity index (χ3v) is 3.14. The highest BCUT2D eigenvalue weighted by molar-refractivity contribution is 5.83. The maximum Gasteiger partial charge on any atom is 0.336 e. The lowest BCUT2D eigenvalue weighted by atomic mass is 10.1. The molecule has 0 aliphatic heterocycles. The van der Waals surface area contributed by atoms with Crippen LogP contribution in [0.1, 0.15) is 18.9 Å². The predicted molar refractivity (Wildman–Crippen MR) is 79.9 cm³/mol. The van der Waals surface area contributed by atoms with E-state index in [4.69, 9.17) is 4.42 Å². The number of fused-ring (bicyclic) bond motifs is 1. The lowest BCUT2D eigenvalue weighted by Gasteiger charge is -2.22. The van der Waals surface area contributed by atoms with Gasteiger partial charge in [0.15, 0.2) is 0 Å². The fourth-order valence-corrected chi connectivity index (χ4v) is 2.26. The summed E-state index contributed by atoms with van der Waals surface area (Å²) < 4.78 is 5.28. The van der Waals surface area contributed by atoms with Crippen LogP contribution in [-0.2, 0) is 0 Å². The molecule has 0 saturated heterocycles. The second kappa shape index (κ2) is 5.74. The van der Waals surface area contributed by atoms with Crippen molar-refractivity contribution in [2.75, 3.05) is 18.0 Å². The van der Waals surface area contributed by atoms with Crippen molar-refractivity contribution in [2.24, 2.45) is 0 Å². The van der Waals surface area contributed by atoms with Gasteiger partial charge in [-0.05, 0) is 31.0 Å². The minimum Gasteiger partial charge on any atom is -0.423 e. The molecule has 0 atom stereocenters. The zero-order valence-electron chi connectivity index (χ0n) is 11.5. The van der Waals surface area contributed by atoms with Crippen molar-refractivity contribution in [1.82, 2.24) is 0 Å². The molecule has 1 aromatic carbocycles. The molecular weight excluding hydrogens is 238 g/mol. The van der Waals surface area contributed by atoms with Gasteiger partial charge in [-0.3, -0.25) is 0 Å². The van der Waals surface area contributed by atoms with Crippen LogP contribution in [0.3, 0.4) is 0 Å². The Balaban J connectivity index is 2.50. The predicted octanol–water partition coefficient (Wildman–Crippen LogP) is 3.50. The van der Waals surface area contributed by atoms with Gasteiger partial charge in [0.25, 0.3) is 0 Å².